The number of hydrogen-bond acceptors (Lipinski definition) is 4. The summed E-state index contributed by atoms with van der Waals surface area (Å²) in [6, 6.07) is 0. The van der Waals surface area contributed by atoms with Crippen molar-refractivity contribution >= 4 is 34.8 Å². The Morgan fingerprint density at radius 3 is 2.59 bits per heavy atom. The van der Waals surface area contributed by atoms with Crippen LogP contribution in [-0.2, 0) is 4.79 Å². The third-order valence-electron chi connectivity index (χ3n) is 2.16. The molecule has 0 aliphatic heterocycles. The number of aryl methyl sites for hydroxylation is 1. The zero-order chi connectivity index (χ0) is 13.2. The first-order valence-corrected chi connectivity index (χ1v) is 5.99. The zero-order valence-corrected chi connectivity index (χ0v) is 10.9. The van der Waals surface area contributed by atoms with Gasteiger partial charge in [-0.3, -0.25) is 4.79 Å². The van der Waals surface area contributed by atoms with Gasteiger partial charge in [0.25, 0.3) is 5.91 Å². The molecule has 1 unspecified atom stereocenters. The minimum Gasteiger partial charge on any atom is -0.479 e. The van der Waals surface area contributed by atoms with E-state index in [2.05, 4.69) is 5.32 Å². The minimum atomic E-state index is -1.99. The average molecular weight is 278 g/mol. The third-order valence-corrected chi connectivity index (χ3v) is 3.86. The smallest absolute Gasteiger partial charge is 0.337 e. The SMILES string of the molecule is Cc1csc(C(=O)NCC(C)(O)C(=O)O)c1Cl. The van der Waals surface area contributed by atoms with E-state index in [0.717, 1.165) is 12.5 Å². The lowest BCUT2D eigenvalue weighted by molar-refractivity contribution is -0.155. The van der Waals surface area contributed by atoms with E-state index in [-0.39, 0.29) is 6.54 Å². The molecule has 17 heavy (non-hydrogen) atoms. The summed E-state index contributed by atoms with van der Waals surface area (Å²) in [5, 5.41) is 22.5. The van der Waals surface area contributed by atoms with Gasteiger partial charge in [0.2, 0.25) is 0 Å². The van der Waals surface area contributed by atoms with E-state index in [0.29, 0.717) is 9.90 Å². The third kappa shape index (κ3) is 3.18. The fourth-order valence-electron chi connectivity index (χ4n) is 0.991. The van der Waals surface area contributed by atoms with Crippen LogP contribution in [0.3, 0.4) is 0 Å². The van der Waals surface area contributed by atoms with Gasteiger partial charge in [-0.05, 0) is 24.8 Å². The topological polar surface area (TPSA) is 86.6 Å². The van der Waals surface area contributed by atoms with Gasteiger partial charge < -0.3 is 15.5 Å². The molecule has 94 valence electrons. The quantitative estimate of drug-likeness (QED) is 0.774. The molecule has 0 aliphatic carbocycles. The number of aliphatic carboxylic acids is 1. The largest absolute Gasteiger partial charge is 0.479 e. The number of halogens is 1. The number of nitrogens with one attached hydrogen (secondary N) is 1. The van der Waals surface area contributed by atoms with Crippen LogP contribution < -0.4 is 5.32 Å². The van der Waals surface area contributed by atoms with Crippen LogP contribution in [0.5, 0.6) is 0 Å². The molecule has 0 fully saturated rings. The van der Waals surface area contributed by atoms with E-state index in [9.17, 15) is 14.7 Å². The van der Waals surface area contributed by atoms with Crippen LogP contribution in [0.2, 0.25) is 5.02 Å². The molecule has 0 saturated heterocycles. The minimum absolute atomic E-state index is 0.311. The molecule has 0 aromatic carbocycles. The summed E-state index contributed by atoms with van der Waals surface area (Å²) in [7, 11) is 0. The highest BCUT2D eigenvalue weighted by atomic mass is 35.5. The number of carboxylic acids is 1. The summed E-state index contributed by atoms with van der Waals surface area (Å²) in [5.41, 5.74) is -1.21. The van der Waals surface area contributed by atoms with Gasteiger partial charge >= 0.3 is 5.97 Å². The fourth-order valence-corrected chi connectivity index (χ4v) is 2.19. The predicted molar refractivity (Wildman–Crippen MR) is 64.7 cm³/mol. The molecule has 1 heterocycles. The van der Waals surface area contributed by atoms with E-state index >= 15 is 0 Å². The molecule has 1 aromatic heterocycles. The fraction of sp³-hybridized carbons (Fsp3) is 0.400. The Kier molecular flexibility index (Phi) is 4.13. The van der Waals surface area contributed by atoms with Crippen LogP contribution in [0.15, 0.2) is 5.38 Å². The Hall–Kier alpha value is -1.11. The molecule has 0 aliphatic rings. The molecule has 1 amide bonds. The first-order chi connectivity index (χ1) is 7.75. The highest BCUT2D eigenvalue weighted by Gasteiger charge is 2.30. The van der Waals surface area contributed by atoms with Crippen LogP contribution in [-0.4, -0.2) is 34.2 Å². The maximum atomic E-state index is 11.7. The van der Waals surface area contributed by atoms with Gasteiger partial charge in [-0.2, -0.15) is 0 Å². The van der Waals surface area contributed by atoms with Crippen molar-refractivity contribution in [2.75, 3.05) is 6.54 Å². The van der Waals surface area contributed by atoms with Crippen molar-refractivity contribution in [1.82, 2.24) is 5.32 Å². The van der Waals surface area contributed by atoms with Gasteiger partial charge in [-0.15, -0.1) is 11.3 Å². The lowest BCUT2D eigenvalue weighted by atomic mass is 10.1. The van der Waals surface area contributed by atoms with Crippen LogP contribution in [0.4, 0.5) is 0 Å². The van der Waals surface area contributed by atoms with Crippen molar-refractivity contribution in [3.05, 3.63) is 20.8 Å². The molecular formula is C10H12ClNO4S. The predicted octanol–water partition coefficient (Wildman–Crippen LogP) is 1.28. The van der Waals surface area contributed by atoms with Crippen LogP contribution in [0.1, 0.15) is 22.2 Å². The number of thiophene rings is 1. The van der Waals surface area contributed by atoms with Crippen molar-refractivity contribution in [3.8, 4) is 0 Å². The Bertz CT molecular complexity index is 455. The van der Waals surface area contributed by atoms with Crippen molar-refractivity contribution < 1.29 is 19.8 Å². The number of aliphatic hydroxyl groups is 1. The molecule has 0 spiro atoms. The van der Waals surface area contributed by atoms with Gasteiger partial charge in [-0.25, -0.2) is 4.79 Å². The van der Waals surface area contributed by atoms with E-state index in [1.54, 1.807) is 12.3 Å². The Labute approximate surface area is 107 Å². The van der Waals surface area contributed by atoms with Crippen molar-refractivity contribution in [3.63, 3.8) is 0 Å². The Balaban J connectivity index is 2.69. The zero-order valence-electron chi connectivity index (χ0n) is 9.28. The summed E-state index contributed by atoms with van der Waals surface area (Å²) in [6.45, 7) is 2.49. The molecule has 7 heteroatoms. The first kappa shape index (κ1) is 14.0. The van der Waals surface area contributed by atoms with Crippen molar-refractivity contribution in [2.45, 2.75) is 19.4 Å². The second-order valence-corrected chi connectivity index (χ2v) is 5.08. The van der Waals surface area contributed by atoms with E-state index in [1.807, 2.05) is 0 Å². The maximum absolute atomic E-state index is 11.7. The number of carbonyl (C=O) groups is 2. The molecule has 1 aromatic rings. The summed E-state index contributed by atoms with van der Waals surface area (Å²) in [4.78, 5) is 22.6. The number of amides is 1. The lowest BCUT2D eigenvalue weighted by Gasteiger charge is -2.17. The van der Waals surface area contributed by atoms with Gasteiger partial charge in [0, 0.05) is 0 Å². The molecule has 1 atom stereocenters. The number of carbonyl (C=O) groups excluding carboxylic acids is 1. The Morgan fingerprint density at radius 1 is 1.59 bits per heavy atom. The lowest BCUT2D eigenvalue weighted by Crippen LogP contribution is -2.46. The molecule has 0 bridgehead atoms. The molecular weight excluding hydrogens is 266 g/mol. The summed E-state index contributed by atoms with van der Waals surface area (Å²) >= 11 is 7.06. The average Bonchev–Trinajstić information content (AvgIpc) is 2.56. The maximum Gasteiger partial charge on any atom is 0.337 e. The molecule has 0 radical (unpaired) electrons. The van der Waals surface area contributed by atoms with Gasteiger partial charge in [0.05, 0.1) is 11.6 Å². The Morgan fingerprint density at radius 2 is 2.18 bits per heavy atom. The molecule has 5 nitrogen and oxygen atoms in total. The highest BCUT2D eigenvalue weighted by molar-refractivity contribution is 7.13. The van der Waals surface area contributed by atoms with Gasteiger partial charge in [0.1, 0.15) is 4.88 Å². The number of hydrogen-bond donors (Lipinski definition) is 3. The van der Waals surface area contributed by atoms with Gasteiger partial charge in [-0.1, -0.05) is 11.6 Å². The molecule has 0 saturated carbocycles. The van der Waals surface area contributed by atoms with Crippen LogP contribution >= 0.6 is 22.9 Å². The first-order valence-electron chi connectivity index (χ1n) is 4.73. The molecule has 1 rings (SSSR count). The van der Waals surface area contributed by atoms with Crippen molar-refractivity contribution in [1.29, 1.82) is 0 Å². The number of carboxylic acid groups (broad SMARTS) is 1. The highest BCUT2D eigenvalue weighted by Crippen LogP contribution is 2.26. The second kappa shape index (κ2) is 5.03. The summed E-state index contributed by atoms with van der Waals surface area (Å²) in [6.07, 6.45) is 0. The normalized spacial score (nSPS) is 14.1. The second-order valence-electron chi connectivity index (χ2n) is 3.82. The van der Waals surface area contributed by atoms with Crippen molar-refractivity contribution in [2.24, 2.45) is 0 Å². The standard InChI is InChI=1S/C10H12ClNO4S/c1-5-3-17-7(6(5)11)8(13)12-4-10(2,16)9(14)15/h3,16H,4H2,1-2H3,(H,12,13)(H,14,15). The van der Waals surface area contributed by atoms with E-state index < -0.39 is 17.5 Å². The van der Waals surface area contributed by atoms with E-state index in [1.165, 1.54) is 11.3 Å². The monoisotopic (exact) mass is 277 g/mol. The summed E-state index contributed by atoms with van der Waals surface area (Å²) < 4.78 is 0. The van der Waals surface area contributed by atoms with Crippen LogP contribution in [0, 0.1) is 6.92 Å². The van der Waals surface area contributed by atoms with Crippen LogP contribution in [0.25, 0.3) is 0 Å². The van der Waals surface area contributed by atoms with E-state index in [4.69, 9.17) is 16.7 Å². The van der Waals surface area contributed by atoms with Gasteiger partial charge in [0.15, 0.2) is 5.60 Å². The summed E-state index contributed by atoms with van der Waals surface area (Å²) in [5.74, 6) is -1.89. The molecule has 3 N–H and O–H groups in total. The number of rotatable bonds is 4.